The minimum absolute atomic E-state index is 0. The van der Waals surface area contributed by atoms with Crippen LogP contribution in [-0.2, 0) is 59.6 Å². The number of alkyl halides is 3. The van der Waals surface area contributed by atoms with Crippen LogP contribution in [0.3, 0.4) is 0 Å². The van der Waals surface area contributed by atoms with Crippen molar-refractivity contribution in [1.82, 2.24) is 9.88 Å². The number of allylic oxidation sites excluding steroid dienone is 8. The average molecular weight is 1890 g/mol. The van der Waals surface area contributed by atoms with Gasteiger partial charge in [0, 0.05) is 69.5 Å². The zero-order valence-corrected chi connectivity index (χ0v) is 86.4. The summed E-state index contributed by atoms with van der Waals surface area (Å²) >= 11 is 1.63. The Hall–Kier alpha value is -11.4. The first-order chi connectivity index (χ1) is 62.3. The van der Waals surface area contributed by atoms with E-state index < -0.39 is 29.4 Å². The van der Waals surface area contributed by atoms with Crippen LogP contribution >= 0.6 is 11.3 Å². The van der Waals surface area contributed by atoms with Crippen molar-refractivity contribution in [1.29, 1.82) is 0 Å². The number of Topliss-reactive ketones (excluding diaryl/α,β-unsaturated/α-hetero) is 1. The van der Waals surface area contributed by atoms with E-state index in [1.807, 2.05) is 177 Å². The normalized spacial score (nSPS) is 14.6. The average Bonchev–Trinajstić information content (AvgIpc) is 0.881. The molecule has 0 fully saturated rings. The molecule has 0 radical (unpaired) electrons. The predicted molar refractivity (Wildman–Crippen MR) is 555 cm³/mol. The lowest BCUT2D eigenvalue weighted by molar-refractivity contribution is -0.428. The molecule has 1 aromatic heterocycles. The van der Waals surface area contributed by atoms with E-state index in [1.54, 1.807) is 40.5 Å². The number of hydrogen-bond acceptors (Lipinski definition) is 12. The number of fused-ring (bicyclic) bond motifs is 5. The molecular formula is C116H154F5N4O10S+. The molecule has 5 aliphatic rings. The molecule has 7 aromatic carbocycles. The fraction of sp³-hybridized carbons (Fsp3) is 0.431. The van der Waals surface area contributed by atoms with Crippen LogP contribution in [0.5, 0.6) is 23.0 Å². The SMILES string of the molecule is C.C=C1C=C(C(F)(F)F)c2ccc(CC(C)(C)C)cc2O1.C=C1C=C(C)c2ccc(CC(C)(C)C)cc2O1.C=C1C=C(CC(=O)O)c2ccc(CC(C)(C)C)cc2O1.CC.CC(C)(C)COc1c(F)cccc1F.CC(C)(C)Cc1ccc2c(c1)C(=O)C1C=CC=CC1N2.CC(C)(C)OCc1cncs1.CN(Cc1ccccc1)C(=O)/C=C/C(C)(C)C.C[N+](=O)c1ccc(CC(C)(C)C)cc1. The van der Waals surface area contributed by atoms with Gasteiger partial charge in [-0.2, -0.15) is 13.2 Å². The van der Waals surface area contributed by atoms with Gasteiger partial charge >= 0.3 is 12.1 Å². The Balaban J connectivity index is 0.000000325. The van der Waals surface area contributed by atoms with Crippen molar-refractivity contribution in [3.05, 3.63) is 326 Å². The number of aromatic nitrogens is 1. The van der Waals surface area contributed by atoms with Gasteiger partial charge in [0.25, 0.3) is 5.69 Å². The van der Waals surface area contributed by atoms with Crippen molar-refractivity contribution >= 4 is 57.1 Å². The minimum Gasteiger partial charge on any atom is -0.487 e. The zero-order chi connectivity index (χ0) is 102. The summed E-state index contributed by atoms with van der Waals surface area (Å²) in [5, 5.41) is 12.4. The third kappa shape index (κ3) is 43.8. The van der Waals surface area contributed by atoms with Crippen molar-refractivity contribution in [2.45, 2.75) is 264 Å². The van der Waals surface area contributed by atoms with Crippen LogP contribution in [0.25, 0.3) is 16.7 Å². The van der Waals surface area contributed by atoms with E-state index in [0.29, 0.717) is 41.2 Å². The van der Waals surface area contributed by atoms with Crippen LogP contribution in [0.1, 0.15) is 266 Å². The maximum absolute atomic E-state index is 13.1. The summed E-state index contributed by atoms with van der Waals surface area (Å²) < 4.78 is 93.3. The number of likely N-dealkylation sites (N-methyl/N-ethyl adjacent to an activating group) is 1. The highest BCUT2D eigenvalue weighted by molar-refractivity contribution is 7.09. The number of halogens is 5. The van der Waals surface area contributed by atoms with E-state index in [4.69, 9.17) is 28.8 Å². The van der Waals surface area contributed by atoms with E-state index in [1.165, 1.54) is 69.6 Å². The number of carbonyl (C=O) groups is 3. The lowest BCUT2D eigenvalue weighted by Gasteiger charge is -2.32. The Morgan fingerprint density at radius 2 is 1.01 bits per heavy atom. The highest BCUT2D eigenvalue weighted by atomic mass is 32.1. The van der Waals surface area contributed by atoms with Crippen LogP contribution in [0.2, 0.25) is 0 Å². The molecule has 0 spiro atoms. The van der Waals surface area contributed by atoms with Crippen LogP contribution in [0.15, 0.2) is 249 Å². The summed E-state index contributed by atoms with van der Waals surface area (Å²) in [5.74, 6) is 0.865. The lowest BCUT2D eigenvalue weighted by atomic mass is 9.81. The van der Waals surface area contributed by atoms with Crippen LogP contribution < -0.4 is 24.3 Å². The molecule has 136 heavy (non-hydrogen) atoms. The number of aliphatic carboxylic acids is 1. The number of para-hydroxylation sites is 1. The molecule has 738 valence electrons. The number of carboxylic acid groups (broad SMARTS) is 1. The number of ether oxygens (including phenoxy) is 5. The molecule has 20 heteroatoms. The molecule has 8 aromatic rings. The molecular weight excluding hydrogens is 1740 g/mol. The number of benzene rings is 7. The van der Waals surface area contributed by atoms with E-state index in [9.17, 15) is 41.2 Å². The first-order valence-corrected chi connectivity index (χ1v) is 47.0. The number of anilines is 1. The monoisotopic (exact) mass is 1890 g/mol. The Kier molecular flexibility index (Phi) is 44.0. The molecule has 2 N–H and O–H groups in total. The second-order valence-corrected chi connectivity index (χ2v) is 44.5. The molecule has 0 saturated carbocycles. The number of thiazole rings is 1. The second kappa shape index (κ2) is 51.2. The van der Waals surface area contributed by atoms with Crippen molar-refractivity contribution in [2.75, 3.05) is 26.0 Å². The Bertz CT molecular complexity index is 5480. The summed E-state index contributed by atoms with van der Waals surface area (Å²) in [4.78, 5) is 53.2. The molecule has 2 unspecified atom stereocenters. The van der Waals surface area contributed by atoms with Gasteiger partial charge in [-0.3, -0.25) is 19.4 Å². The van der Waals surface area contributed by atoms with E-state index >= 15 is 0 Å². The Morgan fingerprint density at radius 3 is 1.47 bits per heavy atom. The van der Waals surface area contributed by atoms with Gasteiger partial charge in [-0.15, -0.1) is 11.3 Å². The molecule has 5 heterocycles. The Labute approximate surface area is 814 Å². The fourth-order valence-electron chi connectivity index (χ4n) is 14.1. The topological polar surface area (TPSA) is 166 Å². The molecule has 1 amide bonds. The smallest absolute Gasteiger partial charge is 0.417 e. The standard InChI is InChI=1S/C18H21NO.C17H20O3.C16H17F3O.C16H20O.C15H21NO.C12H18NO.C11H14F2O.C8H13NOS.C2H6.CH4/c1-18(2,3)11-12-8-9-16-14(10-12)17(20)13-6-4-5-7-15(13)19-16;1-11-7-13(9-16(18)19)14-6-5-12(8-15(14)20-11)10-17(2,3)4;1-10-7-13(16(17,18)19)12-6-5-11(8-14(12)20-10)9-15(2,3)4;1-11-8-12(2)17-15-9-13(6-7-14(11)15)10-16(3,4)5;1-15(2,3)11-10-14(17)16(4)12-13-8-6-5-7-9-13;1-12(2,3)9-10-5-7-11(8-6-10)13(4)14;1-11(2,3)7-14-10-8(12)5-4-6-9(10)13;1-8(2,3)10-5-7-4-9-6-11-7;1-2;/h4-10,13,15,19H,11H2,1-3H3;5-8H,1,9-10H2,2-4H3,(H,18,19);5-8H,1,9H2,2-4H3;6-9H,2,10H2,1,3-5H3;5-11H,12H2,1-4H3;5-8H,9H2,1-4H3;4-6H,7H2,1-3H3;4,6H,5H2,1-3H3;1-2H3;1H4/q;;;;;+1;;;;/b;;;;11-10+;;;;;. The quantitative estimate of drug-likeness (QED) is 0.0568. The number of nitrogens with zero attached hydrogens (tertiary/aromatic N) is 3. The molecule has 13 rings (SSSR count). The summed E-state index contributed by atoms with van der Waals surface area (Å²) in [6.45, 7) is 69.8. The second-order valence-electron chi connectivity index (χ2n) is 43.5. The molecule has 4 aliphatic heterocycles. The van der Waals surface area contributed by atoms with Gasteiger partial charge < -0.3 is 39.0 Å². The maximum Gasteiger partial charge on any atom is 0.417 e. The first-order valence-electron chi connectivity index (χ1n) is 46.1. The molecule has 0 saturated heterocycles. The number of ketones is 1. The summed E-state index contributed by atoms with van der Waals surface area (Å²) in [6, 6.07) is 45.1. The van der Waals surface area contributed by atoms with Gasteiger partial charge in [0.1, 0.15) is 34.5 Å². The van der Waals surface area contributed by atoms with Crippen LogP contribution in [0, 0.1) is 60.4 Å². The van der Waals surface area contributed by atoms with Crippen LogP contribution in [0.4, 0.5) is 33.3 Å². The van der Waals surface area contributed by atoms with E-state index in [2.05, 4.69) is 204 Å². The molecule has 14 nitrogen and oxygen atoms in total. The molecule has 1 aliphatic carbocycles. The summed E-state index contributed by atoms with van der Waals surface area (Å²) in [5.41, 5.74) is 15.8. The van der Waals surface area contributed by atoms with Gasteiger partial charge in [-0.25, -0.2) is 8.78 Å². The summed E-state index contributed by atoms with van der Waals surface area (Å²) in [7, 11) is 3.33. The number of rotatable bonds is 15. The molecule has 0 bridgehead atoms. The minimum atomic E-state index is -4.41. The lowest BCUT2D eigenvalue weighted by Crippen LogP contribution is -2.38. The number of carbonyl (C=O) groups excluding carboxylic acids is 2. The van der Waals surface area contributed by atoms with Crippen molar-refractivity contribution in [3.8, 4) is 23.0 Å². The maximum atomic E-state index is 13.1. The van der Waals surface area contributed by atoms with Crippen molar-refractivity contribution in [3.63, 3.8) is 0 Å². The molecule has 2 atom stereocenters. The largest absolute Gasteiger partial charge is 0.487 e. The van der Waals surface area contributed by atoms with Gasteiger partial charge in [0.2, 0.25) is 5.91 Å². The Morgan fingerprint density at radius 1 is 0.559 bits per heavy atom. The number of nitroso groups, excluding NO2 is 1. The number of carboxylic acids is 1. The summed E-state index contributed by atoms with van der Waals surface area (Å²) in [6.07, 6.45) is 18.4. The number of hydrogen-bond donors (Lipinski definition) is 2. The van der Waals surface area contributed by atoms with E-state index in [-0.39, 0.29) is 99.6 Å². The number of amides is 1. The first kappa shape index (κ1) is 117. The zero-order valence-electron chi connectivity index (χ0n) is 85.6. The highest BCUT2D eigenvalue weighted by Crippen LogP contribution is 2.45. The highest BCUT2D eigenvalue weighted by Gasteiger charge is 2.39. The van der Waals surface area contributed by atoms with Crippen molar-refractivity contribution < 1.29 is 69.9 Å². The van der Waals surface area contributed by atoms with Gasteiger partial charge in [-0.1, -0.05) is 308 Å². The van der Waals surface area contributed by atoms with E-state index in [0.717, 1.165) is 88.0 Å². The van der Waals surface area contributed by atoms with Gasteiger partial charge in [-0.05, 0) is 209 Å². The fourth-order valence-corrected chi connectivity index (χ4v) is 14.7. The predicted octanol–water partition coefficient (Wildman–Crippen LogP) is 31.8. The third-order valence-electron chi connectivity index (χ3n) is 19.7. The van der Waals surface area contributed by atoms with Gasteiger partial charge in [0.15, 0.2) is 30.2 Å². The van der Waals surface area contributed by atoms with Gasteiger partial charge in [0.05, 0.1) is 53.2 Å². The van der Waals surface area contributed by atoms with Crippen molar-refractivity contribution in [2.24, 2.45) is 43.8 Å². The van der Waals surface area contributed by atoms with Crippen LogP contribution in [-0.4, -0.2) is 75.9 Å². The number of nitrogens with one attached hydrogen (secondary N) is 1. The third-order valence-corrected chi connectivity index (χ3v) is 20.5.